The van der Waals surface area contributed by atoms with Crippen molar-refractivity contribution in [3.8, 4) is 0 Å². The summed E-state index contributed by atoms with van der Waals surface area (Å²) in [5, 5.41) is 5.09. The van der Waals surface area contributed by atoms with E-state index in [1.807, 2.05) is 32.9 Å². The van der Waals surface area contributed by atoms with E-state index in [9.17, 15) is 4.79 Å². The lowest BCUT2D eigenvalue weighted by molar-refractivity contribution is 0.0109. The largest absolute Gasteiger partial charge is 0.459 e. The van der Waals surface area contributed by atoms with Crippen molar-refractivity contribution < 1.29 is 18.5 Å². The summed E-state index contributed by atoms with van der Waals surface area (Å²) in [6, 6.07) is 3.82. The molecule has 4 rings (SSSR count). The van der Waals surface area contributed by atoms with Gasteiger partial charge in [0.2, 0.25) is 6.39 Å². The van der Waals surface area contributed by atoms with Gasteiger partial charge in [0, 0.05) is 36.9 Å². The molecule has 0 saturated carbocycles. The van der Waals surface area contributed by atoms with Crippen LogP contribution in [0.3, 0.4) is 0 Å². The lowest BCUT2D eigenvalue weighted by Crippen LogP contribution is -2.49. The number of aromatic nitrogens is 3. The SMILES string of the molecule is CCCN(C1CCN(C(=O)OC(C)(C)C)CC1)C(c1ncon1)c1cc2cnccc2o1. The number of likely N-dealkylation sites (tertiary alicyclic amines) is 1. The summed E-state index contributed by atoms with van der Waals surface area (Å²) in [6.07, 6.45) is 7.22. The van der Waals surface area contributed by atoms with E-state index in [4.69, 9.17) is 13.7 Å². The van der Waals surface area contributed by atoms with Gasteiger partial charge in [0.05, 0.1) is 0 Å². The molecule has 0 radical (unpaired) electrons. The highest BCUT2D eigenvalue weighted by molar-refractivity contribution is 5.76. The van der Waals surface area contributed by atoms with E-state index in [2.05, 4.69) is 26.9 Å². The first-order chi connectivity index (χ1) is 15.4. The van der Waals surface area contributed by atoms with Crippen LogP contribution in [0.5, 0.6) is 0 Å². The van der Waals surface area contributed by atoms with Gasteiger partial charge in [0.1, 0.15) is 23.0 Å². The second-order valence-electron chi connectivity index (χ2n) is 9.19. The number of furan rings is 1. The Labute approximate surface area is 187 Å². The average molecular weight is 442 g/mol. The number of fused-ring (bicyclic) bond motifs is 1. The molecule has 1 fully saturated rings. The zero-order chi connectivity index (χ0) is 22.7. The predicted molar refractivity (Wildman–Crippen MR) is 118 cm³/mol. The highest BCUT2D eigenvalue weighted by atomic mass is 16.6. The topological polar surface area (TPSA) is 97.7 Å². The first-order valence-electron chi connectivity index (χ1n) is 11.2. The van der Waals surface area contributed by atoms with Gasteiger partial charge in [-0.3, -0.25) is 9.88 Å². The second kappa shape index (κ2) is 9.28. The van der Waals surface area contributed by atoms with Crippen LogP contribution in [-0.4, -0.2) is 62.3 Å². The van der Waals surface area contributed by atoms with Crippen molar-refractivity contribution in [1.29, 1.82) is 0 Å². The van der Waals surface area contributed by atoms with Crippen LogP contribution in [0.25, 0.3) is 11.0 Å². The molecule has 9 heteroatoms. The maximum absolute atomic E-state index is 12.5. The molecule has 172 valence electrons. The van der Waals surface area contributed by atoms with Gasteiger partial charge >= 0.3 is 6.09 Å². The number of ether oxygens (including phenoxy) is 1. The number of carbonyl (C=O) groups is 1. The summed E-state index contributed by atoms with van der Waals surface area (Å²) in [5.41, 5.74) is 0.280. The minimum Gasteiger partial charge on any atom is -0.459 e. The minimum absolute atomic E-state index is 0.239. The Bertz CT molecular complexity index is 986. The third-order valence-corrected chi connectivity index (χ3v) is 5.63. The summed E-state index contributed by atoms with van der Waals surface area (Å²) in [5.74, 6) is 1.33. The molecule has 0 bridgehead atoms. The van der Waals surface area contributed by atoms with E-state index in [0.717, 1.165) is 42.5 Å². The molecule has 0 aromatic carbocycles. The fourth-order valence-electron chi connectivity index (χ4n) is 4.27. The smallest absolute Gasteiger partial charge is 0.410 e. The van der Waals surface area contributed by atoms with Crippen molar-refractivity contribution in [2.24, 2.45) is 0 Å². The number of hydrogen-bond acceptors (Lipinski definition) is 8. The van der Waals surface area contributed by atoms with Crippen LogP contribution in [0.1, 0.15) is 64.6 Å². The second-order valence-corrected chi connectivity index (χ2v) is 9.19. The van der Waals surface area contributed by atoms with Gasteiger partial charge in [-0.2, -0.15) is 4.98 Å². The number of rotatable bonds is 6. The molecule has 9 nitrogen and oxygen atoms in total. The van der Waals surface area contributed by atoms with Crippen LogP contribution in [-0.2, 0) is 4.74 Å². The van der Waals surface area contributed by atoms with Gasteiger partial charge in [-0.15, -0.1) is 0 Å². The third kappa shape index (κ3) is 4.93. The highest BCUT2D eigenvalue weighted by Crippen LogP contribution is 2.35. The molecule has 3 aromatic rings. The lowest BCUT2D eigenvalue weighted by atomic mass is 9.99. The minimum atomic E-state index is -0.498. The molecule has 3 aromatic heterocycles. The van der Waals surface area contributed by atoms with Gasteiger partial charge in [-0.25, -0.2) is 4.79 Å². The van der Waals surface area contributed by atoms with E-state index >= 15 is 0 Å². The first kappa shape index (κ1) is 22.3. The molecule has 0 spiro atoms. The van der Waals surface area contributed by atoms with E-state index < -0.39 is 5.60 Å². The summed E-state index contributed by atoms with van der Waals surface area (Å²) < 4.78 is 16.8. The zero-order valence-corrected chi connectivity index (χ0v) is 19.2. The number of carbonyl (C=O) groups excluding carboxylic acids is 1. The number of pyridine rings is 1. The third-order valence-electron chi connectivity index (χ3n) is 5.63. The maximum Gasteiger partial charge on any atom is 0.410 e. The standard InChI is InChI=1S/C23H31N5O4/c1-5-10-28(17-7-11-27(12-8-17)22(29)32-23(2,3)4)20(21-25-15-30-26-21)19-13-16-14-24-9-6-18(16)31-19/h6,9,13-15,17,20H,5,7-8,10-12H2,1-4H3. The van der Waals surface area contributed by atoms with Gasteiger partial charge in [-0.05, 0) is 58.7 Å². The summed E-state index contributed by atoms with van der Waals surface area (Å²) in [6.45, 7) is 9.94. The van der Waals surface area contributed by atoms with E-state index in [-0.39, 0.29) is 18.2 Å². The van der Waals surface area contributed by atoms with Crippen molar-refractivity contribution in [3.05, 3.63) is 42.5 Å². The van der Waals surface area contributed by atoms with Crippen molar-refractivity contribution >= 4 is 17.1 Å². The molecule has 1 unspecified atom stereocenters. The molecule has 4 heterocycles. The van der Waals surface area contributed by atoms with E-state index in [1.165, 1.54) is 6.39 Å². The summed E-state index contributed by atoms with van der Waals surface area (Å²) in [7, 11) is 0. The average Bonchev–Trinajstić information content (AvgIpc) is 3.42. The van der Waals surface area contributed by atoms with Gasteiger partial charge in [-0.1, -0.05) is 12.1 Å². The van der Waals surface area contributed by atoms with Crippen LogP contribution < -0.4 is 0 Å². The maximum atomic E-state index is 12.5. The molecule has 1 atom stereocenters. The van der Waals surface area contributed by atoms with Crippen LogP contribution in [0, 0.1) is 0 Å². The Morgan fingerprint density at radius 2 is 2.12 bits per heavy atom. The zero-order valence-electron chi connectivity index (χ0n) is 19.2. The predicted octanol–water partition coefficient (Wildman–Crippen LogP) is 4.41. The lowest BCUT2D eigenvalue weighted by Gasteiger charge is -2.41. The Morgan fingerprint density at radius 3 is 2.75 bits per heavy atom. The van der Waals surface area contributed by atoms with Crippen molar-refractivity contribution in [3.63, 3.8) is 0 Å². The molecule has 0 aliphatic carbocycles. The van der Waals surface area contributed by atoms with Gasteiger partial charge in [0.25, 0.3) is 0 Å². The van der Waals surface area contributed by atoms with Crippen molar-refractivity contribution in [2.75, 3.05) is 19.6 Å². The van der Waals surface area contributed by atoms with Crippen LogP contribution in [0.4, 0.5) is 4.79 Å². The molecule has 1 aliphatic rings. The van der Waals surface area contributed by atoms with E-state index in [0.29, 0.717) is 18.9 Å². The number of amides is 1. The molecule has 1 amide bonds. The molecule has 1 aliphatic heterocycles. The molecule has 1 saturated heterocycles. The molecular weight excluding hydrogens is 410 g/mol. The molecule has 32 heavy (non-hydrogen) atoms. The Hall–Kier alpha value is -2.94. The Kier molecular flexibility index (Phi) is 6.45. The summed E-state index contributed by atoms with van der Waals surface area (Å²) in [4.78, 5) is 25.2. The van der Waals surface area contributed by atoms with Gasteiger partial charge in [0.15, 0.2) is 5.82 Å². The fraction of sp³-hybridized carbons (Fsp3) is 0.565. The van der Waals surface area contributed by atoms with Crippen LogP contribution in [0.2, 0.25) is 0 Å². The quantitative estimate of drug-likeness (QED) is 0.555. The highest BCUT2D eigenvalue weighted by Gasteiger charge is 2.36. The van der Waals surface area contributed by atoms with Crippen LogP contribution in [0.15, 0.2) is 39.9 Å². The monoisotopic (exact) mass is 441 g/mol. The first-order valence-corrected chi connectivity index (χ1v) is 11.2. The Balaban J connectivity index is 1.57. The number of piperidine rings is 1. The summed E-state index contributed by atoms with van der Waals surface area (Å²) >= 11 is 0. The fourth-order valence-corrected chi connectivity index (χ4v) is 4.27. The van der Waals surface area contributed by atoms with Gasteiger partial charge < -0.3 is 18.6 Å². The van der Waals surface area contributed by atoms with E-state index in [1.54, 1.807) is 17.3 Å². The Morgan fingerprint density at radius 1 is 1.34 bits per heavy atom. The molecule has 0 N–H and O–H groups in total. The number of hydrogen-bond donors (Lipinski definition) is 0. The number of nitrogens with zero attached hydrogens (tertiary/aromatic N) is 5. The molecular formula is C23H31N5O4. The normalized spacial score (nSPS) is 16.6. The van der Waals surface area contributed by atoms with Crippen molar-refractivity contribution in [2.45, 2.75) is 64.6 Å². The van der Waals surface area contributed by atoms with Crippen molar-refractivity contribution in [1.82, 2.24) is 24.9 Å². The van der Waals surface area contributed by atoms with Crippen LogP contribution >= 0.6 is 0 Å².